The van der Waals surface area contributed by atoms with E-state index in [1.807, 2.05) is 20.8 Å². The molecule has 0 N–H and O–H groups in total. The van der Waals surface area contributed by atoms with Gasteiger partial charge < -0.3 is 9.47 Å². The predicted molar refractivity (Wildman–Crippen MR) is 63.3 cm³/mol. The van der Waals surface area contributed by atoms with Gasteiger partial charge in [0.15, 0.2) is 0 Å². The van der Waals surface area contributed by atoms with Gasteiger partial charge in [0.25, 0.3) is 0 Å². The van der Waals surface area contributed by atoms with Crippen molar-refractivity contribution in [2.24, 2.45) is 17.3 Å². The molecule has 0 aromatic heterocycles. The molecule has 3 atom stereocenters. The van der Waals surface area contributed by atoms with Crippen LogP contribution in [0.3, 0.4) is 0 Å². The molecular weight excluding hydrogens is 204 g/mol. The second-order valence-corrected chi connectivity index (χ2v) is 5.96. The molecule has 0 saturated carbocycles. The zero-order valence-electron chi connectivity index (χ0n) is 11.2. The highest BCUT2D eigenvalue weighted by molar-refractivity contribution is 5.86. The van der Waals surface area contributed by atoms with Gasteiger partial charge >= 0.3 is 0 Å². The third-order valence-electron chi connectivity index (χ3n) is 3.19. The molecule has 0 aromatic rings. The number of rotatable bonds is 3. The Labute approximate surface area is 98.5 Å². The molecule has 1 rings (SSSR count). The summed E-state index contributed by atoms with van der Waals surface area (Å²) in [6.07, 6.45) is -0.0481. The zero-order chi connectivity index (χ0) is 12.5. The van der Waals surface area contributed by atoms with E-state index in [4.69, 9.17) is 9.47 Å². The van der Waals surface area contributed by atoms with Crippen molar-refractivity contribution in [1.82, 2.24) is 0 Å². The lowest BCUT2D eigenvalue weighted by molar-refractivity contribution is -0.133. The van der Waals surface area contributed by atoms with Crippen LogP contribution >= 0.6 is 0 Å². The van der Waals surface area contributed by atoms with Crippen LogP contribution in [0.4, 0.5) is 0 Å². The van der Waals surface area contributed by atoms with Gasteiger partial charge in [0.05, 0.1) is 24.7 Å². The third-order valence-corrected chi connectivity index (χ3v) is 3.19. The Hall–Kier alpha value is -0.410. The highest BCUT2D eigenvalue weighted by atomic mass is 16.6. The maximum atomic E-state index is 12.2. The molecule has 1 heterocycles. The second kappa shape index (κ2) is 4.84. The molecule has 1 aliphatic heterocycles. The topological polar surface area (TPSA) is 35.5 Å². The number of hydrogen-bond acceptors (Lipinski definition) is 3. The first-order valence-electron chi connectivity index (χ1n) is 5.97. The summed E-state index contributed by atoms with van der Waals surface area (Å²) >= 11 is 0. The number of methoxy groups -OCH3 is 1. The van der Waals surface area contributed by atoms with Crippen molar-refractivity contribution in [1.29, 1.82) is 0 Å². The molecule has 0 spiro atoms. The maximum Gasteiger partial charge on any atom is 0.146 e. The van der Waals surface area contributed by atoms with Crippen LogP contribution in [0.1, 0.15) is 34.6 Å². The first-order valence-corrected chi connectivity index (χ1v) is 5.97. The normalized spacial score (nSPS) is 31.1. The summed E-state index contributed by atoms with van der Waals surface area (Å²) in [4.78, 5) is 12.2. The van der Waals surface area contributed by atoms with Crippen molar-refractivity contribution in [2.45, 2.75) is 46.8 Å². The van der Waals surface area contributed by atoms with Crippen molar-refractivity contribution in [3.05, 3.63) is 0 Å². The number of Topliss-reactive ketones (excluding diaryl/α,β-unsaturated/α-hetero) is 1. The van der Waals surface area contributed by atoms with E-state index >= 15 is 0 Å². The van der Waals surface area contributed by atoms with E-state index in [0.717, 1.165) is 0 Å². The number of ketones is 1. The quantitative estimate of drug-likeness (QED) is 0.743. The molecule has 0 amide bonds. The number of hydrogen-bond donors (Lipinski definition) is 0. The van der Waals surface area contributed by atoms with Gasteiger partial charge in [0.1, 0.15) is 5.78 Å². The van der Waals surface area contributed by atoms with E-state index in [0.29, 0.717) is 12.5 Å². The minimum Gasteiger partial charge on any atom is -0.378 e. The summed E-state index contributed by atoms with van der Waals surface area (Å²) in [6, 6.07) is 0. The van der Waals surface area contributed by atoms with Gasteiger partial charge in [-0.05, 0) is 5.92 Å². The van der Waals surface area contributed by atoms with Crippen molar-refractivity contribution >= 4 is 5.78 Å². The molecule has 1 fully saturated rings. The van der Waals surface area contributed by atoms with E-state index < -0.39 is 0 Å². The first kappa shape index (κ1) is 13.7. The Morgan fingerprint density at radius 1 is 1.38 bits per heavy atom. The van der Waals surface area contributed by atoms with Crippen LogP contribution < -0.4 is 0 Å². The third kappa shape index (κ3) is 2.64. The van der Waals surface area contributed by atoms with Gasteiger partial charge in [-0.3, -0.25) is 4.79 Å². The molecule has 16 heavy (non-hydrogen) atoms. The SMILES string of the molecule is CO[C@H]1[C@@H](C(C)C)OC[C@H]1C(=O)C(C)(C)C. The molecule has 3 nitrogen and oxygen atoms in total. The summed E-state index contributed by atoms with van der Waals surface area (Å²) in [5.41, 5.74) is -0.323. The summed E-state index contributed by atoms with van der Waals surface area (Å²) in [7, 11) is 1.66. The molecule has 1 saturated heterocycles. The Morgan fingerprint density at radius 3 is 2.31 bits per heavy atom. The van der Waals surface area contributed by atoms with Crippen LogP contribution in [0.25, 0.3) is 0 Å². The fourth-order valence-electron chi connectivity index (χ4n) is 2.28. The first-order chi connectivity index (χ1) is 7.29. The van der Waals surface area contributed by atoms with E-state index in [2.05, 4.69) is 13.8 Å². The molecule has 0 radical (unpaired) electrons. The fraction of sp³-hybridized carbons (Fsp3) is 0.923. The van der Waals surface area contributed by atoms with Crippen LogP contribution in [0.2, 0.25) is 0 Å². The van der Waals surface area contributed by atoms with Crippen LogP contribution in [0.15, 0.2) is 0 Å². The number of ether oxygens (including phenoxy) is 2. The molecule has 94 valence electrons. The van der Waals surface area contributed by atoms with Gasteiger partial charge in [0.2, 0.25) is 0 Å². The molecule has 0 aliphatic carbocycles. The van der Waals surface area contributed by atoms with Gasteiger partial charge in [-0.25, -0.2) is 0 Å². The van der Waals surface area contributed by atoms with Gasteiger partial charge in [-0.1, -0.05) is 34.6 Å². The van der Waals surface area contributed by atoms with Crippen molar-refractivity contribution < 1.29 is 14.3 Å². The smallest absolute Gasteiger partial charge is 0.146 e. The monoisotopic (exact) mass is 228 g/mol. The minimum atomic E-state index is -0.323. The Balaban J connectivity index is 2.80. The van der Waals surface area contributed by atoms with Crippen LogP contribution in [0, 0.1) is 17.3 Å². The molecule has 0 unspecified atom stereocenters. The largest absolute Gasteiger partial charge is 0.378 e. The van der Waals surface area contributed by atoms with Gasteiger partial charge in [-0.2, -0.15) is 0 Å². The summed E-state index contributed by atoms with van der Waals surface area (Å²) in [6.45, 7) is 10.5. The number of carbonyl (C=O) groups is 1. The standard InChI is InChI=1S/C13H24O3/c1-8(2)10-11(15-6)9(7-16-10)12(14)13(3,4)5/h8-11H,7H2,1-6H3/t9-,10-,11-/m1/s1. The van der Waals surface area contributed by atoms with Crippen molar-refractivity contribution in [3.8, 4) is 0 Å². The second-order valence-electron chi connectivity index (χ2n) is 5.96. The Morgan fingerprint density at radius 2 is 1.94 bits per heavy atom. The molecular formula is C13H24O3. The molecule has 3 heteroatoms. The maximum absolute atomic E-state index is 12.2. The Kier molecular flexibility index (Phi) is 4.13. The summed E-state index contributed by atoms with van der Waals surface area (Å²) in [5.74, 6) is 0.502. The summed E-state index contributed by atoms with van der Waals surface area (Å²) in [5, 5.41) is 0. The average molecular weight is 228 g/mol. The van der Waals surface area contributed by atoms with Crippen LogP contribution in [-0.2, 0) is 14.3 Å². The van der Waals surface area contributed by atoms with Crippen LogP contribution in [0.5, 0.6) is 0 Å². The average Bonchev–Trinajstić information content (AvgIpc) is 2.57. The van der Waals surface area contributed by atoms with E-state index in [1.54, 1.807) is 7.11 Å². The highest BCUT2D eigenvalue weighted by Gasteiger charge is 2.45. The lowest BCUT2D eigenvalue weighted by atomic mass is 9.80. The lowest BCUT2D eigenvalue weighted by Gasteiger charge is -2.27. The zero-order valence-corrected chi connectivity index (χ0v) is 11.2. The minimum absolute atomic E-state index is 0.0429. The Bertz CT molecular complexity index is 252. The van der Waals surface area contributed by atoms with Crippen molar-refractivity contribution in [2.75, 3.05) is 13.7 Å². The van der Waals surface area contributed by atoms with Gasteiger partial charge in [-0.15, -0.1) is 0 Å². The molecule has 1 aliphatic rings. The van der Waals surface area contributed by atoms with Gasteiger partial charge in [0, 0.05) is 12.5 Å². The van der Waals surface area contributed by atoms with Crippen LogP contribution in [-0.4, -0.2) is 31.7 Å². The van der Waals surface area contributed by atoms with Crippen molar-refractivity contribution in [3.63, 3.8) is 0 Å². The highest BCUT2D eigenvalue weighted by Crippen LogP contribution is 2.33. The predicted octanol–water partition coefficient (Wildman–Crippen LogP) is 2.29. The lowest BCUT2D eigenvalue weighted by Crippen LogP contribution is -2.40. The molecule has 0 bridgehead atoms. The summed E-state index contributed by atoms with van der Waals surface area (Å²) < 4.78 is 11.2. The van der Waals surface area contributed by atoms with E-state index in [1.165, 1.54) is 0 Å². The fourth-order valence-corrected chi connectivity index (χ4v) is 2.28. The molecule has 0 aromatic carbocycles. The number of carbonyl (C=O) groups excluding carboxylic acids is 1. The van der Waals surface area contributed by atoms with E-state index in [-0.39, 0.29) is 29.3 Å². The van der Waals surface area contributed by atoms with E-state index in [9.17, 15) is 4.79 Å².